The molecule has 3 heterocycles. The van der Waals surface area contributed by atoms with Crippen molar-refractivity contribution < 1.29 is 25.2 Å². The fourth-order valence-electron chi connectivity index (χ4n) is 2.34. The molecule has 0 aliphatic carbocycles. The van der Waals surface area contributed by atoms with Gasteiger partial charge in [-0.05, 0) is 12.1 Å². The van der Waals surface area contributed by atoms with E-state index in [2.05, 4.69) is 20.2 Å². The lowest BCUT2D eigenvalue weighted by Crippen LogP contribution is -2.55. The molecule has 1 saturated heterocycles. The first kappa shape index (κ1) is 15.0. The van der Waals surface area contributed by atoms with Crippen LogP contribution in [0.25, 0.3) is 11.5 Å². The normalized spacial score (nSPS) is 32.1. The predicted octanol–water partition coefficient (Wildman–Crippen LogP) is -1.62. The van der Waals surface area contributed by atoms with Gasteiger partial charge in [-0.3, -0.25) is 10.1 Å². The van der Waals surface area contributed by atoms with E-state index in [1.165, 1.54) is 0 Å². The van der Waals surface area contributed by atoms with Crippen molar-refractivity contribution in [1.29, 1.82) is 0 Å². The van der Waals surface area contributed by atoms with Gasteiger partial charge >= 0.3 is 0 Å². The first-order valence-electron chi connectivity index (χ1n) is 6.76. The Balaban J connectivity index is 1.86. The maximum atomic E-state index is 10.0. The summed E-state index contributed by atoms with van der Waals surface area (Å²) in [4.78, 5) is 8.30. The second kappa shape index (κ2) is 6.07. The van der Waals surface area contributed by atoms with Crippen molar-refractivity contribution in [3.8, 4) is 11.5 Å². The van der Waals surface area contributed by atoms with Gasteiger partial charge in [0.1, 0.15) is 36.2 Å². The number of aromatic nitrogens is 4. The van der Waals surface area contributed by atoms with Gasteiger partial charge < -0.3 is 25.2 Å². The summed E-state index contributed by atoms with van der Waals surface area (Å²) in [5, 5.41) is 45.4. The van der Waals surface area contributed by atoms with E-state index in [1.807, 2.05) is 0 Å². The Hall–Kier alpha value is -1.91. The molecule has 1 aliphatic heterocycles. The Bertz CT molecular complexity index is 620. The molecular weight excluding hydrogens is 292 g/mol. The fraction of sp³-hybridized carbons (Fsp3) is 0.462. The SMILES string of the molecule is OC[C@H]1O[C@@H](c2nc(-c3ccccn3)n[nH]2)[C@H](O)[C@@H](O)[C@@H]1O. The zero-order valence-electron chi connectivity index (χ0n) is 11.4. The quantitative estimate of drug-likeness (QED) is 0.455. The molecular formula is C13H16N4O5. The lowest BCUT2D eigenvalue weighted by Gasteiger charge is -2.38. The first-order valence-corrected chi connectivity index (χ1v) is 6.76. The van der Waals surface area contributed by atoms with E-state index in [0.717, 1.165) is 0 Å². The molecule has 118 valence electrons. The minimum absolute atomic E-state index is 0.178. The van der Waals surface area contributed by atoms with Crippen molar-refractivity contribution in [2.45, 2.75) is 30.5 Å². The van der Waals surface area contributed by atoms with Gasteiger partial charge in [-0.15, -0.1) is 0 Å². The van der Waals surface area contributed by atoms with Crippen molar-refractivity contribution >= 4 is 0 Å². The van der Waals surface area contributed by atoms with Crippen molar-refractivity contribution in [1.82, 2.24) is 20.2 Å². The van der Waals surface area contributed by atoms with E-state index < -0.39 is 37.1 Å². The standard InChI is InChI=1S/C13H16N4O5/c18-5-7-8(19)9(20)10(21)11(22-7)13-15-12(16-17-13)6-3-1-2-4-14-6/h1-4,7-11,18-21H,5H2,(H,15,16,17)/t7-,8-,9+,10-,11-/m1/s1. The molecule has 5 atom stereocenters. The smallest absolute Gasteiger partial charge is 0.199 e. The van der Waals surface area contributed by atoms with Crippen LogP contribution in [0.5, 0.6) is 0 Å². The number of aliphatic hydroxyl groups is 4. The number of rotatable bonds is 3. The lowest BCUT2D eigenvalue weighted by atomic mass is 9.95. The number of nitrogens with zero attached hydrogens (tertiary/aromatic N) is 3. The Morgan fingerprint density at radius 1 is 1.14 bits per heavy atom. The highest BCUT2D eigenvalue weighted by Gasteiger charge is 2.45. The van der Waals surface area contributed by atoms with Crippen molar-refractivity contribution in [2.24, 2.45) is 0 Å². The molecule has 0 aromatic carbocycles. The van der Waals surface area contributed by atoms with Crippen LogP contribution in [0.4, 0.5) is 0 Å². The van der Waals surface area contributed by atoms with Gasteiger partial charge in [-0.2, -0.15) is 5.10 Å². The first-order chi connectivity index (χ1) is 10.6. The van der Waals surface area contributed by atoms with Gasteiger partial charge in [-0.1, -0.05) is 6.07 Å². The van der Waals surface area contributed by atoms with Gasteiger partial charge in [0.05, 0.1) is 6.61 Å². The highest BCUT2D eigenvalue weighted by atomic mass is 16.5. The summed E-state index contributed by atoms with van der Waals surface area (Å²) in [6, 6.07) is 5.27. The van der Waals surface area contributed by atoms with Crippen LogP contribution in [0.1, 0.15) is 11.9 Å². The summed E-state index contributed by atoms with van der Waals surface area (Å²) in [7, 11) is 0. The van der Waals surface area contributed by atoms with Gasteiger partial charge in [0, 0.05) is 6.20 Å². The monoisotopic (exact) mass is 308 g/mol. The predicted molar refractivity (Wildman–Crippen MR) is 72.3 cm³/mol. The van der Waals surface area contributed by atoms with Crippen LogP contribution in [0, 0.1) is 0 Å². The molecule has 9 heteroatoms. The van der Waals surface area contributed by atoms with E-state index >= 15 is 0 Å². The third-order valence-electron chi connectivity index (χ3n) is 3.56. The second-order valence-corrected chi connectivity index (χ2v) is 5.01. The third-order valence-corrected chi connectivity index (χ3v) is 3.56. The summed E-state index contributed by atoms with van der Waals surface area (Å²) in [6.07, 6.45) is -4.71. The summed E-state index contributed by atoms with van der Waals surface area (Å²) in [5.74, 6) is 0.491. The molecule has 0 radical (unpaired) electrons. The zero-order valence-corrected chi connectivity index (χ0v) is 11.4. The number of pyridine rings is 1. The molecule has 0 unspecified atom stereocenters. The van der Waals surface area contributed by atoms with Gasteiger partial charge in [0.25, 0.3) is 0 Å². The fourth-order valence-corrected chi connectivity index (χ4v) is 2.34. The number of ether oxygens (including phenoxy) is 1. The lowest BCUT2D eigenvalue weighted by molar-refractivity contribution is -0.233. The van der Waals surface area contributed by atoms with Crippen LogP contribution < -0.4 is 0 Å². The Morgan fingerprint density at radius 2 is 1.95 bits per heavy atom. The summed E-state index contributed by atoms with van der Waals surface area (Å²) in [5.41, 5.74) is 0.537. The largest absolute Gasteiger partial charge is 0.394 e. The Morgan fingerprint density at radius 3 is 2.64 bits per heavy atom. The van der Waals surface area contributed by atoms with Gasteiger partial charge in [0.15, 0.2) is 11.6 Å². The minimum Gasteiger partial charge on any atom is -0.394 e. The van der Waals surface area contributed by atoms with Crippen LogP contribution in [0.2, 0.25) is 0 Å². The number of hydrogen-bond acceptors (Lipinski definition) is 8. The second-order valence-electron chi connectivity index (χ2n) is 5.01. The Kier molecular flexibility index (Phi) is 4.14. The molecule has 0 bridgehead atoms. The molecule has 2 aromatic heterocycles. The van der Waals surface area contributed by atoms with E-state index in [9.17, 15) is 20.4 Å². The molecule has 0 amide bonds. The molecule has 0 spiro atoms. The zero-order chi connectivity index (χ0) is 15.7. The average Bonchev–Trinajstić information content (AvgIpc) is 3.04. The molecule has 1 fully saturated rings. The highest BCUT2D eigenvalue weighted by Crippen LogP contribution is 2.31. The van der Waals surface area contributed by atoms with Crippen LogP contribution >= 0.6 is 0 Å². The number of nitrogens with one attached hydrogen (secondary N) is 1. The van der Waals surface area contributed by atoms with E-state index in [4.69, 9.17) is 4.74 Å². The number of aliphatic hydroxyl groups excluding tert-OH is 4. The van der Waals surface area contributed by atoms with Gasteiger partial charge in [0.2, 0.25) is 0 Å². The molecule has 1 aliphatic rings. The third kappa shape index (κ3) is 2.60. The molecule has 9 nitrogen and oxygen atoms in total. The number of H-pyrrole nitrogens is 1. The minimum atomic E-state index is -1.46. The van der Waals surface area contributed by atoms with E-state index in [1.54, 1.807) is 24.4 Å². The molecule has 0 saturated carbocycles. The van der Waals surface area contributed by atoms with E-state index in [-0.39, 0.29) is 5.82 Å². The molecule has 3 rings (SSSR count). The maximum Gasteiger partial charge on any atom is 0.199 e. The average molecular weight is 308 g/mol. The van der Waals surface area contributed by atoms with Crippen molar-refractivity contribution in [2.75, 3.05) is 6.61 Å². The topological polar surface area (TPSA) is 145 Å². The van der Waals surface area contributed by atoms with Crippen LogP contribution in [-0.4, -0.2) is 71.6 Å². The number of aromatic amines is 1. The van der Waals surface area contributed by atoms with Crippen LogP contribution in [0.3, 0.4) is 0 Å². The molecule has 5 N–H and O–H groups in total. The van der Waals surface area contributed by atoms with Crippen LogP contribution in [0.15, 0.2) is 24.4 Å². The molecule has 2 aromatic rings. The Labute approximate surface area is 125 Å². The summed E-state index contributed by atoms with van der Waals surface area (Å²) < 4.78 is 5.40. The summed E-state index contributed by atoms with van der Waals surface area (Å²) >= 11 is 0. The maximum absolute atomic E-state index is 10.0. The van der Waals surface area contributed by atoms with Gasteiger partial charge in [-0.25, -0.2) is 4.98 Å². The van der Waals surface area contributed by atoms with E-state index in [0.29, 0.717) is 11.5 Å². The highest BCUT2D eigenvalue weighted by molar-refractivity contribution is 5.47. The van der Waals surface area contributed by atoms with Crippen molar-refractivity contribution in [3.05, 3.63) is 30.2 Å². The van der Waals surface area contributed by atoms with Crippen LogP contribution in [-0.2, 0) is 4.74 Å². The van der Waals surface area contributed by atoms with Crippen molar-refractivity contribution in [3.63, 3.8) is 0 Å². The summed E-state index contributed by atoms with van der Waals surface area (Å²) in [6.45, 7) is -0.497. The molecule has 22 heavy (non-hydrogen) atoms. The number of hydrogen-bond donors (Lipinski definition) is 5.